The van der Waals surface area contributed by atoms with Crippen molar-refractivity contribution in [3.8, 4) is 0 Å². The van der Waals surface area contributed by atoms with E-state index in [1.165, 1.54) is 4.90 Å². The summed E-state index contributed by atoms with van der Waals surface area (Å²) in [6.45, 7) is 1.89. The smallest absolute Gasteiger partial charge is 0.266 e. The molecule has 1 unspecified atom stereocenters. The van der Waals surface area contributed by atoms with Crippen LogP contribution in [0.1, 0.15) is 18.9 Å². The predicted molar refractivity (Wildman–Crippen MR) is 128 cm³/mol. The minimum absolute atomic E-state index is 0.111. The summed E-state index contributed by atoms with van der Waals surface area (Å²) in [5.74, 6) is -1.21. The molecule has 2 aliphatic heterocycles. The van der Waals surface area contributed by atoms with Crippen molar-refractivity contribution in [2.24, 2.45) is 0 Å². The lowest BCUT2D eigenvalue weighted by atomic mass is 10.1. The fourth-order valence-electron chi connectivity index (χ4n) is 3.49. The molecule has 0 N–H and O–H groups in total. The maximum Gasteiger partial charge on any atom is 0.266 e. The molecule has 31 heavy (non-hydrogen) atoms. The topological polar surface area (TPSA) is 57.7 Å². The van der Waals surface area contributed by atoms with Crippen LogP contribution in [0.2, 0.25) is 5.02 Å². The summed E-state index contributed by atoms with van der Waals surface area (Å²) < 4.78 is 0.271. The van der Waals surface area contributed by atoms with Gasteiger partial charge in [0.2, 0.25) is 5.91 Å². The first-order chi connectivity index (χ1) is 14.8. The molecule has 156 valence electrons. The van der Waals surface area contributed by atoms with Crippen LogP contribution in [-0.2, 0) is 14.4 Å². The molecule has 0 spiro atoms. The third-order valence-electron chi connectivity index (χ3n) is 4.90. The Morgan fingerprint density at radius 3 is 2.45 bits per heavy atom. The van der Waals surface area contributed by atoms with Crippen LogP contribution >= 0.6 is 35.6 Å². The molecule has 0 aliphatic carbocycles. The molecule has 5 nitrogen and oxygen atoms in total. The van der Waals surface area contributed by atoms with Gasteiger partial charge in [0.15, 0.2) is 0 Å². The first-order valence-electron chi connectivity index (χ1n) is 9.48. The lowest BCUT2D eigenvalue weighted by Crippen LogP contribution is -2.44. The third-order valence-corrected chi connectivity index (χ3v) is 6.48. The van der Waals surface area contributed by atoms with Crippen LogP contribution < -0.4 is 4.90 Å². The van der Waals surface area contributed by atoms with Gasteiger partial charge in [0.05, 0.1) is 17.0 Å². The van der Waals surface area contributed by atoms with E-state index in [2.05, 4.69) is 0 Å². The van der Waals surface area contributed by atoms with E-state index in [1.54, 1.807) is 30.3 Å². The molecule has 4 rings (SSSR count). The van der Waals surface area contributed by atoms with E-state index < -0.39 is 11.9 Å². The molecule has 0 bridgehead atoms. The van der Waals surface area contributed by atoms with Gasteiger partial charge >= 0.3 is 0 Å². The van der Waals surface area contributed by atoms with E-state index >= 15 is 0 Å². The highest BCUT2D eigenvalue weighted by Gasteiger charge is 2.48. The van der Waals surface area contributed by atoms with E-state index in [0.717, 1.165) is 27.8 Å². The van der Waals surface area contributed by atoms with Crippen molar-refractivity contribution in [3.63, 3.8) is 0 Å². The van der Waals surface area contributed by atoms with Gasteiger partial charge in [-0.05, 0) is 48.4 Å². The molecule has 1 atom stereocenters. The largest absolute Gasteiger partial charge is 0.280 e. The predicted octanol–water partition coefficient (Wildman–Crippen LogP) is 4.82. The first kappa shape index (κ1) is 21.5. The number of carbonyl (C=O) groups is 3. The van der Waals surface area contributed by atoms with Crippen molar-refractivity contribution in [1.82, 2.24) is 4.90 Å². The number of carbonyl (C=O) groups excluding carboxylic acids is 3. The Kier molecular flexibility index (Phi) is 6.09. The van der Waals surface area contributed by atoms with E-state index in [-0.39, 0.29) is 22.6 Å². The molecule has 2 aromatic carbocycles. The highest BCUT2D eigenvalue weighted by molar-refractivity contribution is 8.26. The molecule has 8 heteroatoms. The number of rotatable bonds is 4. The Labute approximate surface area is 194 Å². The van der Waals surface area contributed by atoms with Crippen LogP contribution in [-0.4, -0.2) is 33.0 Å². The van der Waals surface area contributed by atoms with Gasteiger partial charge in [-0.15, -0.1) is 0 Å². The second kappa shape index (κ2) is 8.78. The van der Waals surface area contributed by atoms with Crippen LogP contribution in [0.15, 0.2) is 71.2 Å². The zero-order valence-electron chi connectivity index (χ0n) is 16.4. The van der Waals surface area contributed by atoms with E-state index in [9.17, 15) is 14.4 Å². The van der Waals surface area contributed by atoms with Crippen molar-refractivity contribution >= 4 is 69.4 Å². The number of hydrogen-bond acceptors (Lipinski definition) is 5. The van der Waals surface area contributed by atoms with Crippen molar-refractivity contribution in [2.75, 3.05) is 4.90 Å². The summed E-state index contributed by atoms with van der Waals surface area (Å²) in [6.07, 6.45) is 3.60. The SMILES string of the molecule is CC(/C=C1\SC(=S)N(C2CC(=O)N(c3ccc(Cl)cc3)C2=O)C1=O)=C\c1ccccc1. The lowest BCUT2D eigenvalue weighted by Gasteiger charge is -2.21. The highest BCUT2D eigenvalue weighted by atomic mass is 35.5. The van der Waals surface area contributed by atoms with Crippen LogP contribution in [0.25, 0.3) is 6.08 Å². The summed E-state index contributed by atoms with van der Waals surface area (Å²) >= 11 is 12.4. The number of nitrogens with zero attached hydrogens (tertiary/aromatic N) is 2. The second-order valence-corrected chi connectivity index (χ2v) is 9.23. The minimum Gasteiger partial charge on any atom is -0.280 e. The maximum absolute atomic E-state index is 13.1. The van der Waals surface area contributed by atoms with Crippen molar-refractivity contribution < 1.29 is 14.4 Å². The van der Waals surface area contributed by atoms with Gasteiger partial charge in [-0.3, -0.25) is 19.3 Å². The number of benzene rings is 2. The van der Waals surface area contributed by atoms with Crippen LogP contribution in [0.4, 0.5) is 5.69 Å². The second-order valence-electron chi connectivity index (χ2n) is 7.11. The minimum atomic E-state index is -0.944. The molecule has 0 radical (unpaired) electrons. The van der Waals surface area contributed by atoms with Crippen molar-refractivity contribution in [2.45, 2.75) is 19.4 Å². The molecule has 0 saturated carbocycles. The maximum atomic E-state index is 13.1. The number of imide groups is 1. The molecule has 2 aromatic rings. The first-order valence-corrected chi connectivity index (χ1v) is 11.1. The van der Waals surface area contributed by atoms with E-state index in [4.69, 9.17) is 23.8 Å². The molecule has 3 amide bonds. The molecule has 2 fully saturated rings. The van der Waals surface area contributed by atoms with Gasteiger partial charge in [0.25, 0.3) is 11.8 Å². The fraction of sp³-hybridized carbons (Fsp3) is 0.130. The molecule has 2 aliphatic rings. The van der Waals surface area contributed by atoms with Gasteiger partial charge in [0.1, 0.15) is 10.4 Å². The van der Waals surface area contributed by atoms with Gasteiger partial charge in [-0.1, -0.05) is 72.0 Å². The van der Waals surface area contributed by atoms with Crippen molar-refractivity contribution in [3.05, 3.63) is 81.7 Å². The lowest BCUT2D eigenvalue weighted by molar-refractivity contribution is -0.130. The van der Waals surface area contributed by atoms with Crippen LogP contribution in [0.3, 0.4) is 0 Å². The summed E-state index contributed by atoms with van der Waals surface area (Å²) in [5.41, 5.74) is 2.31. The van der Waals surface area contributed by atoms with Crippen LogP contribution in [0.5, 0.6) is 0 Å². The number of amides is 3. The molecular formula is C23H17ClN2O3S2. The Balaban J connectivity index is 1.56. The zero-order valence-corrected chi connectivity index (χ0v) is 18.8. The number of allylic oxidation sites excluding steroid dienone is 2. The van der Waals surface area contributed by atoms with Gasteiger partial charge in [0, 0.05) is 5.02 Å². The Morgan fingerprint density at radius 1 is 1.10 bits per heavy atom. The fourth-order valence-corrected chi connectivity index (χ4v) is 5.02. The Bertz CT molecular complexity index is 1140. The van der Waals surface area contributed by atoms with Crippen LogP contribution in [0, 0.1) is 0 Å². The number of hydrogen-bond donors (Lipinski definition) is 0. The monoisotopic (exact) mass is 468 g/mol. The molecule has 0 aromatic heterocycles. The normalized spacial score (nSPS) is 21.0. The quantitative estimate of drug-likeness (QED) is 0.366. The number of thiocarbonyl (C=S) groups is 1. The summed E-state index contributed by atoms with van der Waals surface area (Å²) in [5, 5.41) is 0.500. The summed E-state index contributed by atoms with van der Waals surface area (Å²) in [4.78, 5) is 41.4. The average Bonchev–Trinajstić information content (AvgIpc) is 3.17. The van der Waals surface area contributed by atoms with Crippen molar-refractivity contribution in [1.29, 1.82) is 0 Å². The van der Waals surface area contributed by atoms with Gasteiger partial charge in [-0.2, -0.15) is 0 Å². The highest BCUT2D eigenvalue weighted by Crippen LogP contribution is 2.37. The number of thioether (sulfide) groups is 1. The summed E-state index contributed by atoms with van der Waals surface area (Å²) in [7, 11) is 0. The molecule has 2 heterocycles. The third kappa shape index (κ3) is 4.35. The number of anilines is 1. The standard InChI is InChI=1S/C23H17ClN2O3S2/c1-14(11-15-5-3-2-4-6-15)12-19-22(29)26(23(30)31-19)18-13-20(27)25(21(18)28)17-9-7-16(24)8-10-17/h2-12,18H,13H2,1H3/b14-11+,19-12-. The zero-order chi connectivity index (χ0) is 22.1. The van der Waals surface area contributed by atoms with E-state index in [0.29, 0.717) is 15.6 Å². The number of halogens is 1. The molecular weight excluding hydrogens is 452 g/mol. The molecule has 2 saturated heterocycles. The van der Waals surface area contributed by atoms with Gasteiger partial charge < -0.3 is 0 Å². The van der Waals surface area contributed by atoms with Gasteiger partial charge in [-0.25, -0.2) is 4.90 Å². The van der Waals surface area contributed by atoms with E-state index in [1.807, 2.05) is 43.3 Å². The summed E-state index contributed by atoms with van der Waals surface area (Å²) in [6, 6.07) is 15.2. The average molecular weight is 469 g/mol. The Hall–Kier alpha value is -2.74. The Morgan fingerprint density at radius 2 is 1.77 bits per heavy atom.